The first-order valence-corrected chi connectivity index (χ1v) is 11.0. The Balaban J connectivity index is 1.65. The van der Waals surface area contributed by atoms with Crippen LogP contribution in [0.2, 0.25) is 0 Å². The first-order chi connectivity index (χ1) is 13.1. The van der Waals surface area contributed by atoms with Crippen LogP contribution in [-0.4, -0.2) is 21.2 Å². The minimum Gasteiger partial charge on any atom is -0.365 e. The number of nitrogens with two attached hydrogens (primary N) is 1. The van der Waals surface area contributed by atoms with Crippen LogP contribution < -0.4 is 11.1 Å². The standard InChI is InChI=1S/C20H24N4O2S2/c1-10-9-27-19-22-13(8-24(10)19)17(26)23-18-15(16(21)25)12-6-5-11(20(2,3)4)7-14(12)28-18/h8-9,11H,5-7H2,1-4H3,(H2,21,25)(H,23,26). The molecule has 0 fully saturated rings. The van der Waals surface area contributed by atoms with Crippen LogP contribution in [0.1, 0.15) is 64.2 Å². The van der Waals surface area contributed by atoms with E-state index in [9.17, 15) is 9.59 Å². The summed E-state index contributed by atoms with van der Waals surface area (Å²) in [6, 6.07) is 0. The number of thiazole rings is 1. The maximum absolute atomic E-state index is 12.8. The van der Waals surface area contributed by atoms with Gasteiger partial charge in [0, 0.05) is 22.1 Å². The topological polar surface area (TPSA) is 89.5 Å². The van der Waals surface area contributed by atoms with Crippen molar-refractivity contribution >= 4 is 44.4 Å². The van der Waals surface area contributed by atoms with Crippen LogP contribution in [0.15, 0.2) is 11.6 Å². The fraction of sp³-hybridized carbons (Fsp3) is 0.450. The van der Waals surface area contributed by atoms with E-state index in [-0.39, 0.29) is 11.3 Å². The summed E-state index contributed by atoms with van der Waals surface area (Å²) in [6.07, 6.45) is 4.49. The van der Waals surface area contributed by atoms with Gasteiger partial charge >= 0.3 is 0 Å². The van der Waals surface area contributed by atoms with Crippen molar-refractivity contribution in [3.05, 3.63) is 39.0 Å². The van der Waals surface area contributed by atoms with E-state index in [1.807, 2.05) is 16.7 Å². The van der Waals surface area contributed by atoms with Crippen LogP contribution in [0.4, 0.5) is 5.00 Å². The van der Waals surface area contributed by atoms with Crippen LogP contribution in [0, 0.1) is 18.3 Å². The van der Waals surface area contributed by atoms with Gasteiger partial charge in [-0.05, 0) is 43.1 Å². The molecule has 6 nitrogen and oxygen atoms in total. The van der Waals surface area contributed by atoms with Crippen molar-refractivity contribution < 1.29 is 9.59 Å². The largest absolute Gasteiger partial charge is 0.365 e. The van der Waals surface area contributed by atoms with Crippen LogP contribution in [0.25, 0.3) is 4.96 Å². The Labute approximate surface area is 171 Å². The molecule has 0 bridgehead atoms. The fourth-order valence-corrected chi connectivity index (χ4v) is 6.02. The Morgan fingerprint density at radius 1 is 1.36 bits per heavy atom. The lowest BCUT2D eigenvalue weighted by atomic mass is 9.72. The van der Waals surface area contributed by atoms with E-state index in [0.717, 1.165) is 40.4 Å². The van der Waals surface area contributed by atoms with Gasteiger partial charge in [0.15, 0.2) is 4.96 Å². The number of nitrogens with zero attached hydrogens (tertiary/aromatic N) is 2. The number of carbonyl (C=O) groups is 2. The maximum atomic E-state index is 12.8. The van der Waals surface area contributed by atoms with E-state index in [1.54, 1.807) is 6.20 Å². The molecule has 0 aliphatic heterocycles. The molecule has 4 rings (SSSR count). The predicted octanol–water partition coefficient (Wildman–Crippen LogP) is 4.27. The van der Waals surface area contributed by atoms with Gasteiger partial charge in [-0.3, -0.25) is 14.0 Å². The number of fused-ring (bicyclic) bond motifs is 2. The highest BCUT2D eigenvalue weighted by molar-refractivity contribution is 7.17. The van der Waals surface area contributed by atoms with Gasteiger partial charge in [-0.25, -0.2) is 4.98 Å². The third-order valence-electron chi connectivity index (χ3n) is 5.58. The summed E-state index contributed by atoms with van der Waals surface area (Å²) in [7, 11) is 0. The number of carbonyl (C=O) groups excluding carboxylic acids is 2. The van der Waals surface area contributed by atoms with Gasteiger partial charge in [0.1, 0.15) is 10.7 Å². The molecule has 0 radical (unpaired) electrons. The van der Waals surface area contributed by atoms with Crippen molar-refractivity contribution in [1.29, 1.82) is 0 Å². The second-order valence-corrected chi connectivity index (χ2v) is 10.4. The monoisotopic (exact) mass is 416 g/mol. The Bertz CT molecular complexity index is 1080. The summed E-state index contributed by atoms with van der Waals surface area (Å²) in [5.41, 5.74) is 8.74. The molecule has 1 unspecified atom stereocenters. The quantitative estimate of drug-likeness (QED) is 0.668. The molecule has 3 aromatic rings. The van der Waals surface area contributed by atoms with E-state index in [2.05, 4.69) is 31.1 Å². The second-order valence-electron chi connectivity index (χ2n) is 8.49. The molecule has 3 heterocycles. The summed E-state index contributed by atoms with van der Waals surface area (Å²) in [5.74, 6) is -0.252. The molecular weight excluding hydrogens is 392 g/mol. The Hall–Kier alpha value is -2.19. The van der Waals surface area contributed by atoms with Crippen molar-refractivity contribution in [3.8, 4) is 0 Å². The number of hydrogen-bond acceptors (Lipinski definition) is 5. The highest BCUT2D eigenvalue weighted by Crippen LogP contribution is 2.44. The van der Waals surface area contributed by atoms with Gasteiger partial charge in [0.2, 0.25) is 0 Å². The highest BCUT2D eigenvalue weighted by Gasteiger charge is 2.33. The number of rotatable bonds is 3. The number of nitrogens with one attached hydrogen (secondary N) is 1. The zero-order valence-corrected chi connectivity index (χ0v) is 18.1. The first-order valence-electron chi connectivity index (χ1n) is 9.34. The van der Waals surface area contributed by atoms with Gasteiger partial charge in [-0.15, -0.1) is 22.7 Å². The molecule has 0 spiro atoms. The predicted molar refractivity (Wildman–Crippen MR) is 114 cm³/mol. The van der Waals surface area contributed by atoms with E-state index < -0.39 is 5.91 Å². The van der Waals surface area contributed by atoms with Gasteiger partial charge in [-0.2, -0.15) is 0 Å². The molecule has 8 heteroatoms. The Morgan fingerprint density at radius 2 is 2.11 bits per heavy atom. The number of aromatic nitrogens is 2. The number of amides is 2. The summed E-state index contributed by atoms with van der Waals surface area (Å²) in [6.45, 7) is 8.72. The lowest BCUT2D eigenvalue weighted by Crippen LogP contribution is -2.27. The van der Waals surface area contributed by atoms with Crippen LogP contribution in [0.5, 0.6) is 0 Å². The molecule has 3 aromatic heterocycles. The van der Waals surface area contributed by atoms with Gasteiger partial charge < -0.3 is 11.1 Å². The molecule has 1 atom stereocenters. The summed E-state index contributed by atoms with van der Waals surface area (Å²) < 4.78 is 1.89. The number of aryl methyl sites for hydroxylation is 1. The third-order valence-corrected chi connectivity index (χ3v) is 7.71. The average Bonchev–Trinajstić information content (AvgIpc) is 3.27. The van der Waals surface area contributed by atoms with Crippen molar-refractivity contribution in [2.24, 2.45) is 17.1 Å². The van der Waals surface area contributed by atoms with E-state index in [4.69, 9.17) is 5.73 Å². The molecule has 0 aromatic carbocycles. The molecule has 0 saturated heterocycles. The molecule has 148 valence electrons. The van der Waals surface area contributed by atoms with Gasteiger partial charge in [0.25, 0.3) is 11.8 Å². The Morgan fingerprint density at radius 3 is 2.75 bits per heavy atom. The molecule has 2 amide bonds. The molecular formula is C20H24N4O2S2. The molecule has 1 aliphatic carbocycles. The van der Waals surface area contributed by atoms with E-state index in [0.29, 0.717) is 22.2 Å². The van der Waals surface area contributed by atoms with Gasteiger partial charge in [0.05, 0.1) is 5.56 Å². The Kier molecular flexibility index (Phi) is 4.58. The first kappa shape index (κ1) is 19.1. The SMILES string of the molecule is Cc1csc2nc(C(=O)Nc3sc4c(c3C(N)=O)CCC(C(C)(C)C)C4)cn12. The van der Waals surface area contributed by atoms with Crippen molar-refractivity contribution in [2.75, 3.05) is 5.32 Å². The summed E-state index contributed by atoms with van der Waals surface area (Å²) in [4.78, 5) is 31.3. The minimum atomic E-state index is -0.483. The minimum absolute atomic E-state index is 0.206. The van der Waals surface area contributed by atoms with Crippen molar-refractivity contribution in [1.82, 2.24) is 9.38 Å². The third kappa shape index (κ3) is 3.24. The lowest BCUT2D eigenvalue weighted by Gasteiger charge is -2.33. The zero-order valence-electron chi connectivity index (χ0n) is 16.5. The van der Waals surface area contributed by atoms with Crippen LogP contribution >= 0.6 is 22.7 Å². The highest BCUT2D eigenvalue weighted by atomic mass is 32.1. The second kappa shape index (κ2) is 6.70. The molecule has 1 aliphatic rings. The lowest BCUT2D eigenvalue weighted by molar-refractivity contribution is 0.1000. The van der Waals surface area contributed by atoms with Crippen molar-refractivity contribution in [2.45, 2.75) is 47.0 Å². The fourth-order valence-electron chi connectivity index (χ4n) is 3.84. The average molecular weight is 417 g/mol. The molecule has 3 N–H and O–H groups in total. The van der Waals surface area contributed by atoms with E-state index in [1.165, 1.54) is 22.7 Å². The summed E-state index contributed by atoms with van der Waals surface area (Å²) >= 11 is 2.97. The van der Waals surface area contributed by atoms with Crippen molar-refractivity contribution in [3.63, 3.8) is 0 Å². The zero-order chi connectivity index (χ0) is 20.2. The van der Waals surface area contributed by atoms with E-state index >= 15 is 0 Å². The molecule has 0 saturated carbocycles. The smallest absolute Gasteiger partial charge is 0.276 e. The number of primary amides is 1. The number of anilines is 1. The molecule has 28 heavy (non-hydrogen) atoms. The normalized spacial score (nSPS) is 16.9. The maximum Gasteiger partial charge on any atom is 0.276 e. The number of hydrogen-bond donors (Lipinski definition) is 2. The number of imidazole rings is 1. The number of thiophene rings is 1. The van der Waals surface area contributed by atoms with Crippen LogP contribution in [0.3, 0.4) is 0 Å². The van der Waals surface area contributed by atoms with Crippen LogP contribution in [-0.2, 0) is 12.8 Å². The summed E-state index contributed by atoms with van der Waals surface area (Å²) in [5, 5.41) is 5.44. The van der Waals surface area contributed by atoms with Gasteiger partial charge in [-0.1, -0.05) is 20.8 Å².